The number of rotatable bonds is 5. The second-order valence-corrected chi connectivity index (χ2v) is 4.75. The number of nitrogens with zero attached hydrogens (tertiary/aromatic N) is 1. The summed E-state index contributed by atoms with van der Waals surface area (Å²) in [6.45, 7) is 0.407. The van der Waals surface area contributed by atoms with Gasteiger partial charge in [0.25, 0.3) is 0 Å². The van der Waals surface area contributed by atoms with Crippen molar-refractivity contribution < 1.29 is 14.3 Å². The number of benzene rings is 2. The number of ether oxygens (including phenoxy) is 2. The number of carbonyl (C=O) groups is 1. The molecule has 0 radical (unpaired) electrons. The molecular weight excluding hydrogens is 294 g/mol. The summed E-state index contributed by atoms with van der Waals surface area (Å²) in [6, 6.07) is 14.4. The second kappa shape index (κ2) is 7.84. The molecule has 0 heterocycles. The molecule has 120 valence electrons. The van der Waals surface area contributed by atoms with Gasteiger partial charge in [-0.05, 0) is 29.8 Å². The molecule has 0 spiro atoms. The van der Waals surface area contributed by atoms with Crippen molar-refractivity contribution in [1.29, 1.82) is 0 Å². The molecule has 0 atom stereocenters. The molecule has 0 aliphatic heterocycles. The number of hydrogen-bond acceptors (Lipinski definition) is 4. The van der Waals surface area contributed by atoms with Crippen molar-refractivity contribution in [1.82, 2.24) is 0 Å². The van der Waals surface area contributed by atoms with Crippen LogP contribution in [0, 0.1) is 0 Å². The molecule has 0 unspecified atom stereocenters. The molecule has 0 amide bonds. The molecule has 0 aliphatic carbocycles. The van der Waals surface area contributed by atoms with E-state index in [0.29, 0.717) is 18.1 Å². The van der Waals surface area contributed by atoms with Gasteiger partial charge in [0, 0.05) is 11.8 Å². The zero-order chi connectivity index (χ0) is 16.7. The summed E-state index contributed by atoms with van der Waals surface area (Å²) in [5.74, 6) is 0.677. The third-order valence-corrected chi connectivity index (χ3v) is 3.15. The first-order valence-corrected chi connectivity index (χ1v) is 7.00. The Kier molecular flexibility index (Phi) is 5.57. The van der Waals surface area contributed by atoms with Crippen molar-refractivity contribution >= 4 is 17.6 Å². The number of nitrogens with two attached hydrogens (primary N) is 1. The van der Waals surface area contributed by atoms with E-state index in [1.807, 2.05) is 36.4 Å². The van der Waals surface area contributed by atoms with Crippen LogP contribution in [0.25, 0.3) is 0 Å². The fourth-order valence-corrected chi connectivity index (χ4v) is 1.93. The van der Waals surface area contributed by atoms with Gasteiger partial charge in [-0.25, -0.2) is 9.79 Å². The molecule has 6 nitrogen and oxygen atoms in total. The summed E-state index contributed by atoms with van der Waals surface area (Å²) in [7, 11) is 2.96. The molecule has 0 saturated heterocycles. The fraction of sp³-hybridized carbons (Fsp3) is 0.176. The van der Waals surface area contributed by atoms with Gasteiger partial charge in [-0.15, -0.1) is 0 Å². The van der Waals surface area contributed by atoms with Gasteiger partial charge in [-0.1, -0.05) is 18.2 Å². The number of aliphatic imine (C=N–C) groups is 1. The van der Waals surface area contributed by atoms with E-state index in [1.54, 1.807) is 19.2 Å². The Morgan fingerprint density at radius 3 is 2.57 bits per heavy atom. The normalized spacial score (nSPS) is 11.0. The molecule has 6 heteroatoms. The van der Waals surface area contributed by atoms with Crippen molar-refractivity contribution in [2.45, 2.75) is 6.54 Å². The van der Waals surface area contributed by atoms with Gasteiger partial charge < -0.3 is 20.5 Å². The third kappa shape index (κ3) is 4.74. The Labute approximate surface area is 134 Å². The van der Waals surface area contributed by atoms with E-state index in [2.05, 4.69) is 15.0 Å². The largest absolute Gasteiger partial charge is 0.497 e. The van der Waals surface area contributed by atoms with Crippen molar-refractivity contribution in [3.05, 3.63) is 59.7 Å². The summed E-state index contributed by atoms with van der Waals surface area (Å²) in [5.41, 5.74) is 8.11. The molecule has 0 aliphatic rings. The maximum Gasteiger partial charge on any atom is 0.337 e. The van der Waals surface area contributed by atoms with Gasteiger partial charge in [-0.3, -0.25) is 0 Å². The minimum Gasteiger partial charge on any atom is -0.497 e. The van der Waals surface area contributed by atoms with Crippen molar-refractivity contribution in [2.75, 3.05) is 19.5 Å². The van der Waals surface area contributed by atoms with Crippen molar-refractivity contribution in [3.63, 3.8) is 0 Å². The average Bonchev–Trinajstić information content (AvgIpc) is 2.60. The smallest absolute Gasteiger partial charge is 0.337 e. The number of methoxy groups -OCH3 is 2. The highest BCUT2D eigenvalue weighted by atomic mass is 16.5. The Morgan fingerprint density at radius 1 is 1.17 bits per heavy atom. The van der Waals surface area contributed by atoms with Crippen LogP contribution in [0.2, 0.25) is 0 Å². The Bertz CT molecular complexity index is 696. The van der Waals surface area contributed by atoms with Gasteiger partial charge in [0.2, 0.25) is 0 Å². The summed E-state index contributed by atoms with van der Waals surface area (Å²) in [5, 5.41) is 3.00. The summed E-state index contributed by atoms with van der Waals surface area (Å²) in [4.78, 5) is 15.6. The molecule has 2 aromatic carbocycles. The first kappa shape index (κ1) is 16.4. The summed E-state index contributed by atoms with van der Waals surface area (Å²) < 4.78 is 9.80. The average molecular weight is 313 g/mol. The van der Waals surface area contributed by atoms with E-state index in [1.165, 1.54) is 7.11 Å². The van der Waals surface area contributed by atoms with Crippen molar-refractivity contribution in [3.8, 4) is 5.75 Å². The van der Waals surface area contributed by atoms with E-state index in [-0.39, 0.29) is 5.97 Å². The summed E-state index contributed by atoms with van der Waals surface area (Å²) >= 11 is 0. The molecule has 2 rings (SSSR count). The lowest BCUT2D eigenvalue weighted by Gasteiger charge is -2.07. The molecule has 0 aromatic heterocycles. The number of carbonyl (C=O) groups excluding carboxylic acids is 1. The number of guanidine groups is 1. The standard InChI is InChI=1S/C17H19N3O3/c1-22-15-5-3-4-14(10-15)20-17(18)19-11-12-6-8-13(9-7-12)16(21)23-2/h3-10H,11H2,1-2H3,(H3,18,19,20). The highest BCUT2D eigenvalue weighted by Gasteiger charge is 2.04. The fourth-order valence-electron chi connectivity index (χ4n) is 1.93. The molecule has 2 aromatic rings. The highest BCUT2D eigenvalue weighted by Crippen LogP contribution is 2.16. The number of esters is 1. The zero-order valence-corrected chi connectivity index (χ0v) is 13.1. The van der Waals surface area contributed by atoms with E-state index in [0.717, 1.165) is 17.0 Å². The van der Waals surface area contributed by atoms with Crippen LogP contribution in [0.1, 0.15) is 15.9 Å². The van der Waals surface area contributed by atoms with Crippen LogP contribution in [0.4, 0.5) is 5.69 Å². The quantitative estimate of drug-likeness (QED) is 0.503. The molecule has 0 saturated carbocycles. The molecule has 0 fully saturated rings. The highest BCUT2D eigenvalue weighted by molar-refractivity contribution is 5.92. The number of nitrogens with one attached hydrogen (secondary N) is 1. The Morgan fingerprint density at radius 2 is 1.91 bits per heavy atom. The van der Waals surface area contributed by atoms with Gasteiger partial charge in [0.15, 0.2) is 5.96 Å². The Hall–Kier alpha value is -3.02. The lowest BCUT2D eigenvalue weighted by atomic mass is 10.1. The van der Waals surface area contributed by atoms with Crippen LogP contribution in [0.5, 0.6) is 5.75 Å². The van der Waals surface area contributed by atoms with Gasteiger partial charge in [0.05, 0.1) is 26.3 Å². The van der Waals surface area contributed by atoms with E-state index in [4.69, 9.17) is 10.5 Å². The van der Waals surface area contributed by atoms with Crippen LogP contribution < -0.4 is 15.8 Å². The lowest BCUT2D eigenvalue weighted by Crippen LogP contribution is -2.22. The minimum atomic E-state index is -0.362. The van der Waals surface area contributed by atoms with Gasteiger partial charge >= 0.3 is 5.97 Å². The predicted octanol–water partition coefficient (Wildman–Crippen LogP) is 2.41. The number of anilines is 1. The maximum absolute atomic E-state index is 11.4. The lowest BCUT2D eigenvalue weighted by molar-refractivity contribution is 0.0600. The minimum absolute atomic E-state index is 0.301. The van der Waals surface area contributed by atoms with Crippen LogP contribution >= 0.6 is 0 Å². The maximum atomic E-state index is 11.4. The molecule has 0 bridgehead atoms. The van der Waals surface area contributed by atoms with E-state index < -0.39 is 0 Å². The topological polar surface area (TPSA) is 85.9 Å². The molecule has 23 heavy (non-hydrogen) atoms. The van der Waals surface area contributed by atoms with Crippen molar-refractivity contribution in [2.24, 2.45) is 10.7 Å². The first-order valence-electron chi connectivity index (χ1n) is 7.00. The van der Waals surface area contributed by atoms with E-state index >= 15 is 0 Å². The first-order chi connectivity index (χ1) is 11.1. The van der Waals surface area contributed by atoms with Gasteiger partial charge in [-0.2, -0.15) is 0 Å². The van der Waals surface area contributed by atoms with E-state index in [9.17, 15) is 4.79 Å². The van der Waals surface area contributed by atoms with Gasteiger partial charge in [0.1, 0.15) is 5.75 Å². The van der Waals surface area contributed by atoms with Crippen LogP contribution in [0.15, 0.2) is 53.5 Å². The molecular formula is C17H19N3O3. The Balaban J connectivity index is 1.97. The van der Waals surface area contributed by atoms with Crippen LogP contribution in [-0.2, 0) is 11.3 Å². The second-order valence-electron chi connectivity index (χ2n) is 4.75. The molecule has 3 N–H and O–H groups in total. The third-order valence-electron chi connectivity index (χ3n) is 3.15. The SMILES string of the molecule is COC(=O)c1ccc(CN=C(N)Nc2cccc(OC)c2)cc1. The predicted molar refractivity (Wildman–Crippen MR) is 89.7 cm³/mol. The zero-order valence-electron chi connectivity index (χ0n) is 13.1. The van der Waals surface area contributed by atoms with Crippen LogP contribution in [-0.4, -0.2) is 26.1 Å². The number of hydrogen-bond donors (Lipinski definition) is 2. The van der Waals surface area contributed by atoms with Crippen LogP contribution in [0.3, 0.4) is 0 Å². The summed E-state index contributed by atoms with van der Waals surface area (Å²) in [6.07, 6.45) is 0. The monoisotopic (exact) mass is 313 g/mol.